The van der Waals surface area contributed by atoms with Gasteiger partial charge in [0.05, 0.1) is 4.90 Å². The molecule has 1 aliphatic rings. The lowest BCUT2D eigenvalue weighted by molar-refractivity contribution is -0.126. The highest BCUT2D eigenvalue weighted by molar-refractivity contribution is 7.89. The lowest BCUT2D eigenvalue weighted by Crippen LogP contribution is -2.44. The van der Waals surface area contributed by atoms with E-state index in [1.807, 2.05) is 12.1 Å². The molecular formula is C23H30FN3O3S. The number of carbonyl (C=O) groups is 1. The molecule has 1 fully saturated rings. The Balaban J connectivity index is 1.49. The topological polar surface area (TPSA) is 69.7 Å². The van der Waals surface area contributed by atoms with E-state index in [2.05, 4.69) is 36.2 Å². The van der Waals surface area contributed by atoms with Crippen LogP contribution in [-0.2, 0) is 14.8 Å². The van der Waals surface area contributed by atoms with Gasteiger partial charge in [0, 0.05) is 44.3 Å². The Bertz CT molecular complexity index is 987. The molecule has 0 aliphatic carbocycles. The van der Waals surface area contributed by atoms with E-state index in [9.17, 15) is 17.6 Å². The van der Waals surface area contributed by atoms with E-state index < -0.39 is 15.8 Å². The molecule has 8 heteroatoms. The summed E-state index contributed by atoms with van der Waals surface area (Å²) in [6, 6.07) is 13.0. The Labute approximate surface area is 184 Å². The molecule has 0 radical (unpaired) electrons. The van der Waals surface area contributed by atoms with E-state index in [4.69, 9.17) is 0 Å². The number of amides is 1. The van der Waals surface area contributed by atoms with Gasteiger partial charge in [-0.25, -0.2) is 12.8 Å². The first kappa shape index (κ1) is 23.2. The van der Waals surface area contributed by atoms with Crippen LogP contribution < -0.4 is 10.2 Å². The number of para-hydroxylation sites is 1. The monoisotopic (exact) mass is 447 g/mol. The molecule has 1 aliphatic heterocycles. The van der Waals surface area contributed by atoms with Gasteiger partial charge in [-0.2, -0.15) is 4.31 Å². The maximum Gasteiger partial charge on any atom is 0.243 e. The molecule has 0 atom stereocenters. The number of carbonyl (C=O) groups excluding carboxylic acids is 1. The number of nitrogens with zero attached hydrogens (tertiary/aromatic N) is 2. The molecule has 3 rings (SSSR count). The molecule has 1 amide bonds. The van der Waals surface area contributed by atoms with E-state index in [1.165, 1.54) is 27.7 Å². The van der Waals surface area contributed by atoms with Crippen molar-refractivity contribution in [3.63, 3.8) is 0 Å². The molecule has 0 bridgehead atoms. The maximum absolute atomic E-state index is 13.1. The Morgan fingerprint density at radius 2 is 1.77 bits per heavy atom. The number of nitrogens with one attached hydrogen (secondary N) is 1. The van der Waals surface area contributed by atoms with E-state index in [1.54, 1.807) is 0 Å². The Morgan fingerprint density at radius 3 is 2.39 bits per heavy atom. The number of likely N-dealkylation sites (N-methyl/N-ethyl adjacent to an activating group) is 1. The third kappa shape index (κ3) is 5.62. The summed E-state index contributed by atoms with van der Waals surface area (Å²) in [5.74, 6) is -0.703. The highest BCUT2D eigenvalue weighted by Gasteiger charge is 2.32. The zero-order valence-corrected chi connectivity index (χ0v) is 18.9. The summed E-state index contributed by atoms with van der Waals surface area (Å²) >= 11 is 0. The van der Waals surface area contributed by atoms with Crippen molar-refractivity contribution >= 4 is 21.6 Å². The average Bonchev–Trinajstić information content (AvgIpc) is 2.78. The fourth-order valence-electron chi connectivity index (χ4n) is 3.94. The van der Waals surface area contributed by atoms with Crippen molar-refractivity contribution in [2.45, 2.75) is 31.6 Å². The zero-order chi connectivity index (χ0) is 22.4. The fraction of sp³-hybridized carbons (Fsp3) is 0.435. The smallest absolute Gasteiger partial charge is 0.243 e. The first-order valence-electron chi connectivity index (χ1n) is 10.7. The Hall–Kier alpha value is -2.45. The van der Waals surface area contributed by atoms with Gasteiger partial charge in [-0.15, -0.1) is 0 Å². The molecule has 0 unspecified atom stereocenters. The molecule has 2 aromatic carbocycles. The molecule has 1 saturated heterocycles. The van der Waals surface area contributed by atoms with E-state index in [0.717, 1.165) is 18.7 Å². The summed E-state index contributed by atoms with van der Waals surface area (Å²) in [7, 11) is -3.67. The summed E-state index contributed by atoms with van der Waals surface area (Å²) in [6.07, 6.45) is 0.948. The van der Waals surface area contributed by atoms with E-state index >= 15 is 0 Å². The van der Waals surface area contributed by atoms with Gasteiger partial charge < -0.3 is 10.2 Å². The van der Waals surface area contributed by atoms with Crippen LogP contribution in [0.4, 0.5) is 10.1 Å². The van der Waals surface area contributed by atoms with Crippen LogP contribution in [0.5, 0.6) is 0 Å². The van der Waals surface area contributed by atoms with Crippen molar-refractivity contribution in [3.05, 3.63) is 59.9 Å². The largest absolute Gasteiger partial charge is 0.370 e. The van der Waals surface area contributed by atoms with Gasteiger partial charge in [0.25, 0.3) is 0 Å². The zero-order valence-electron chi connectivity index (χ0n) is 18.1. The number of benzene rings is 2. The number of halogens is 1. The van der Waals surface area contributed by atoms with Gasteiger partial charge in [-0.3, -0.25) is 4.79 Å². The van der Waals surface area contributed by atoms with Crippen molar-refractivity contribution < 1.29 is 17.6 Å². The number of aryl methyl sites for hydroxylation is 1. The van der Waals surface area contributed by atoms with Crippen molar-refractivity contribution in [2.75, 3.05) is 37.6 Å². The quantitative estimate of drug-likeness (QED) is 0.675. The number of sulfonamides is 1. The van der Waals surface area contributed by atoms with Crippen LogP contribution in [0.1, 0.15) is 25.3 Å². The highest BCUT2D eigenvalue weighted by Crippen LogP contribution is 2.24. The molecule has 0 spiro atoms. The standard InChI is InChI=1S/C23H30FN3O3S/c1-3-26(22-7-5-4-6-18(22)2)17-14-25-23(28)19-12-15-27(16-13-19)31(29,30)21-10-8-20(24)9-11-21/h4-11,19H,3,12-17H2,1-2H3,(H,25,28). The van der Waals surface area contributed by atoms with Crippen LogP contribution in [0.3, 0.4) is 0 Å². The lowest BCUT2D eigenvalue weighted by Gasteiger charge is -2.31. The molecule has 1 heterocycles. The number of hydrogen-bond acceptors (Lipinski definition) is 4. The molecule has 31 heavy (non-hydrogen) atoms. The summed E-state index contributed by atoms with van der Waals surface area (Å²) in [5, 5.41) is 3.01. The minimum Gasteiger partial charge on any atom is -0.370 e. The van der Waals surface area contributed by atoms with Gasteiger partial charge in [0.2, 0.25) is 15.9 Å². The Kier molecular flexibility index (Phi) is 7.67. The first-order valence-corrected chi connectivity index (χ1v) is 12.1. The minimum absolute atomic E-state index is 0.0281. The van der Waals surface area contributed by atoms with Crippen LogP contribution in [0.2, 0.25) is 0 Å². The second-order valence-corrected chi connectivity index (χ2v) is 9.73. The summed E-state index contributed by atoms with van der Waals surface area (Å²) < 4.78 is 39.9. The van der Waals surface area contributed by atoms with Gasteiger partial charge in [-0.05, 0) is 62.6 Å². The second-order valence-electron chi connectivity index (χ2n) is 7.79. The van der Waals surface area contributed by atoms with Crippen molar-refractivity contribution in [1.29, 1.82) is 0 Å². The predicted octanol–water partition coefficient (Wildman–Crippen LogP) is 3.18. The first-order chi connectivity index (χ1) is 14.8. The molecule has 6 nitrogen and oxygen atoms in total. The van der Waals surface area contributed by atoms with Crippen molar-refractivity contribution in [3.8, 4) is 0 Å². The van der Waals surface area contributed by atoms with E-state index in [-0.39, 0.29) is 29.8 Å². The lowest BCUT2D eigenvalue weighted by atomic mass is 9.97. The van der Waals surface area contributed by atoms with Gasteiger partial charge >= 0.3 is 0 Å². The van der Waals surface area contributed by atoms with E-state index in [0.29, 0.717) is 25.9 Å². The van der Waals surface area contributed by atoms with Crippen LogP contribution in [0.25, 0.3) is 0 Å². The molecule has 168 valence electrons. The number of piperidine rings is 1. The third-order valence-electron chi connectivity index (χ3n) is 5.79. The molecular weight excluding hydrogens is 417 g/mol. The van der Waals surface area contributed by atoms with Crippen LogP contribution in [-0.4, -0.2) is 51.4 Å². The predicted molar refractivity (Wildman–Crippen MR) is 120 cm³/mol. The van der Waals surface area contributed by atoms with Gasteiger partial charge in [-0.1, -0.05) is 18.2 Å². The third-order valence-corrected chi connectivity index (χ3v) is 7.71. The van der Waals surface area contributed by atoms with Gasteiger partial charge in [0.15, 0.2) is 0 Å². The molecule has 0 aromatic heterocycles. The van der Waals surface area contributed by atoms with Crippen LogP contribution in [0.15, 0.2) is 53.4 Å². The number of hydrogen-bond donors (Lipinski definition) is 1. The summed E-state index contributed by atoms with van der Waals surface area (Å²) in [4.78, 5) is 14.9. The van der Waals surface area contributed by atoms with Crippen molar-refractivity contribution in [2.24, 2.45) is 5.92 Å². The summed E-state index contributed by atoms with van der Waals surface area (Å²) in [6.45, 7) is 6.82. The average molecular weight is 448 g/mol. The molecule has 0 saturated carbocycles. The normalized spacial score (nSPS) is 15.6. The highest BCUT2D eigenvalue weighted by atomic mass is 32.2. The molecule has 2 aromatic rings. The van der Waals surface area contributed by atoms with Gasteiger partial charge in [0.1, 0.15) is 5.82 Å². The maximum atomic E-state index is 13.1. The Morgan fingerprint density at radius 1 is 1.13 bits per heavy atom. The second kappa shape index (κ2) is 10.2. The van der Waals surface area contributed by atoms with Crippen LogP contribution in [0, 0.1) is 18.7 Å². The van der Waals surface area contributed by atoms with Crippen molar-refractivity contribution in [1.82, 2.24) is 9.62 Å². The fourth-order valence-corrected chi connectivity index (χ4v) is 5.41. The summed E-state index contributed by atoms with van der Waals surface area (Å²) in [5.41, 5.74) is 2.36. The minimum atomic E-state index is -3.67. The van der Waals surface area contributed by atoms with Crippen LogP contribution >= 0.6 is 0 Å². The molecule has 1 N–H and O–H groups in total. The SMILES string of the molecule is CCN(CCNC(=O)C1CCN(S(=O)(=O)c2ccc(F)cc2)CC1)c1ccccc1C. The number of rotatable bonds is 8. The number of anilines is 1.